The van der Waals surface area contributed by atoms with Crippen LogP contribution in [0.3, 0.4) is 0 Å². The van der Waals surface area contributed by atoms with Gasteiger partial charge < -0.3 is 10.3 Å². The second-order valence-corrected chi connectivity index (χ2v) is 1.50. The van der Waals surface area contributed by atoms with Gasteiger partial charge in [-0.2, -0.15) is 5.26 Å². The highest BCUT2D eigenvalue weighted by atomic mass is 15.0. The van der Waals surface area contributed by atoms with Crippen LogP contribution in [0, 0.1) is 11.5 Å². The van der Waals surface area contributed by atoms with Gasteiger partial charge in [-0.3, -0.25) is 0 Å². The summed E-state index contributed by atoms with van der Waals surface area (Å²) in [6.07, 6.45) is 5.16. The highest BCUT2D eigenvalue weighted by Crippen LogP contribution is 1.84. The molecule has 1 aromatic heterocycles. The molecule has 0 unspecified atom stereocenters. The highest BCUT2D eigenvalue weighted by molar-refractivity contribution is 4.87. The van der Waals surface area contributed by atoms with E-state index in [2.05, 4.69) is 15.3 Å². The Hall–Kier alpha value is -1.50. The van der Waals surface area contributed by atoms with Crippen molar-refractivity contribution in [2.24, 2.45) is 0 Å². The Balaban J connectivity index is 2.41. The number of aromatic nitrogens is 2. The van der Waals surface area contributed by atoms with E-state index in [0.29, 0.717) is 6.54 Å². The van der Waals surface area contributed by atoms with E-state index >= 15 is 0 Å². The molecule has 0 aliphatic heterocycles. The first kappa shape index (κ1) is 5.63. The summed E-state index contributed by atoms with van der Waals surface area (Å²) in [6, 6.07) is 0. The lowest BCUT2D eigenvalue weighted by Crippen LogP contribution is -2.05. The molecule has 0 aliphatic rings. The molecule has 4 nitrogen and oxygen atoms in total. The van der Waals surface area contributed by atoms with Gasteiger partial charge in [-0.25, -0.2) is 4.98 Å². The zero-order valence-corrected chi connectivity index (χ0v) is 4.76. The standard InChI is InChI=1S/C5H6N4/c6-4-7-3-5-8-1-2-9-5/h1-2,7H,3H2,(H,8,9). The van der Waals surface area contributed by atoms with Crippen LogP contribution in [0.15, 0.2) is 12.4 Å². The Morgan fingerprint density at radius 3 is 3.33 bits per heavy atom. The second kappa shape index (κ2) is 2.72. The van der Waals surface area contributed by atoms with Crippen LogP contribution in [0.4, 0.5) is 0 Å². The van der Waals surface area contributed by atoms with Gasteiger partial charge in [0.05, 0.1) is 6.54 Å². The van der Waals surface area contributed by atoms with Crippen molar-refractivity contribution in [3.8, 4) is 6.19 Å². The van der Waals surface area contributed by atoms with Crippen LogP contribution >= 0.6 is 0 Å². The Morgan fingerprint density at radius 1 is 1.89 bits per heavy atom. The van der Waals surface area contributed by atoms with Crippen LogP contribution in [-0.4, -0.2) is 9.97 Å². The smallest absolute Gasteiger partial charge is 0.176 e. The van der Waals surface area contributed by atoms with Crippen molar-refractivity contribution in [3.63, 3.8) is 0 Å². The van der Waals surface area contributed by atoms with E-state index in [0.717, 1.165) is 5.82 Å². The third-order valence-corrected chi connectivity index (χ3v) is 0.890. The van der Waals surface area contributed by atoms with E-state index in [9.17, 15) is 0 Å². The molecule has 4 heteroatoms. The summed E-state index contributed by atoms with van der Waals surface area (Å²) in [5.74, 6) is 0.775. The Morgan fingerprint density at radius 2 is 2.78 bits per heavy atom. The fourth-order valence-electron chi connectivity index (χ4n) is 0.518. The van der Waals surface area contributed by atoms with E-state index < -0.39 is 0 Å². The van der Waals surface area contributed by atoms with Gasteiger partial charge in [-0.1, -0.05) is 0 Å². The van der Waals surface area contributed by atoms with Crippen molar-refractivity contribution in [2.75, 3.05) is 0 Å². The van der Waals surface area contributed by atoms with Crippen LogP contribution in [-0.2, 0) is 6.54 Å². The van der Waals surface area contributed by atoms with Crippen molar-refractivity contribution in [2.45, 2.75) is 6.54 Å². The van der Waals surface area contributed by atoms with E-state index in [-0.39, 0.29) is 0 Å². The molecule has 0 amide bonds. The zero-order chi connectivity index (χ0) is 6.53. The van der Waals surface area contributed by atoms with Crippen molar-refractivity contribution >= 4 is 0 Å². The Kier molecular flexibility index (Phi) is 1.70. The highest BCUT2D eigenvalue weighted by Gasteiger charge is 1.88. The van der Waals surface area contributed by atoms with Gasteiger partial charge >= 0.3 is 0 Å². The molecular weight excluding hydrogens is 116 g/mol. The summed E-state index contributed by atoms with van der Waals surface area (Å²) in [5, 5.41) is 10.5. The fraction of sp³-hybridized carbons (Fsp3) is 0.200. The molecule has 0 atom stereocenters. The molecule has 0 radical (unpaired) electrons. The molecule has 0 bridgehead atoms. The van der Waals surface area contributed by atoms with Crippen LogP contribution < -0.4 is 5.32 Å². The molecule has 0 aromatic carbocycles. The molecule has 1 heterocycles. The number of rotatable bonds is 2. The number of H-pyrrole nitrogens is 1. The summed E-state index contributed by atoms with van der Waals surface area (Å²) < 4.78 is 0. The molecule has 1 aromatic rings. The third kappa shape index (κ3) is 1.46. The van der Waals surface area contributed by atoms with Gasteiger partial charge in [0, 0.05) is 12.4 Å². The quantitative estimate of drug-likeness (QED) is 0.428. The maximum absolute atomic E-state index is 8.06. The minimum absolute atomic E-state index is 0.476. The lowest BCUT2D eigenvalue weighted by Gasteiger charge is -1.88. The first-order valence-electron chi connectivity index (χ1n) is 2.53. The lowest BCUT2D eigenvalue weighted by atomic mass is 10.6. The lowest BCUT2D eigenvalue weighted by molar-refractivity contribution is 0.824. The number of nitriles is 1. The summed E-state index contributed by atoms with van der Waals surface area (Å²) in [7, 11) is 0. The summed E-state index contributed by atoms with van der Waals surface area (Å²) >= 11 is 0. The number of imidazole rings is 1. The number of hydrogen-bond acceptors (Lipinski definition) is 3. The first-order valence-corrected chi connectivity index (χ1v) is 2.53. The van der Waals surface area contributed by atoms with Crippen molar-refractivity contribution < 1.29 is 0 Å². The molecular formula is C5H6N4. The molecule has 0 saturated heterocycles. The predicted octanol–water partition coefficient (Wildman–Crippen LogP) is -0.0196. The first-order chi connectivity index (χ1) is 4.43. The molecule has 0 spiro atoms. The summed E-state index contributed by atoms with van der Waals surface area (Å²) in [4.78, 5) is 6.73. The molecule has 46 valence electrons. The molecule has 9 heavy (non-hydrogen) atoms. The summed E-state index contributed by atoms with van der Waals surface area (Å²) in [5.41, 5.74) is 0. The average Bonchev–Trinajstić information content (AvgIpc) is 2.34. The molecule has 1 rings (SSSR count). The zero-order valence-electron chi connectivity index (χ0n) is 4.76. The normalized spacial score (nSPS) is 8.33. The molecule has 2 N–H and O–H groups in total. The summed E-state index contributed by atoms with van der Waals surface area (Å²) in [6.45, 7) is 0.476. The van der Waals surface area contributed by atoms with Crippen LogP contribution in [0.1, 0.15) is 5.82 Å². The second-order valence-electron chi connectivity index (χ2n) is 1.50. The Bertz CT molecular complexity index is 195. The maximum Gasteiger partial charge on any atom is 0.176 e. The van der Waals surface area contributed by atoms with E-state index in [1.807, 2.05) is 0 Å². The Labute approximate surface area is 52.5 Å². The monoisotopic (exact) mass is 122 g/mol. The van der Waals surface area contributed by atoms with Gasteiger partial charge in [0.25, 0.3) is 0 Å². The minimum Gasteiger partial charge on any atom is -0.347 e. The van der Waals surface area contributed by atoms with Crippen LogP contribution in [0.2, 0.25) is 0 Å². The number of hydrogen-bond donors (Lipinski definition) is 2. The maximum atomic E-state index is 8.06. The van der Waals surface area contributed by atoms with E-state index in [1.54, 1.807) is 18.6 Å². The van der Waals surface area contributed by atoms with Crippen LogP contribution in [0.5, 0.6) is 0 Å². The van der Waals surface area contributed by atoms with E-state index in [1.165, 1.54) is 0 Å². The SMILES string of the molecule is N#CNCc1ncc[nH]1. The molecule has 0 saturated carbocycles. The van der Waals surface area contributed by atoms with Crippen molar-refractivity contribution in [1.29, 1.82) is 5.26 Å². The van der Waals surface area contributed by atoms with Gasteiger partial charge in [-0.05, 0) is 0 Å². The molecule has 0 fully saturated rings. The average molecular weight is 122 g/mol. The van der Waals surface area contributed by atoms with E-state index in [4.69, 9.17) is 5.26 Å². The van der Waals surface area contributed by atoms with Gasteiger partial charge in [0.2, 0.25) is 0 Å². The topological polar surface area (TPSA) is 64.5 Å². The third-order valence-electron chi connectivity index (χ3n) is 0.890. The number of nitrogens with zero attached hydrogens (tertiary/aromatic N) is 2. The predicted molar refractivity (Wildman–Crippen MR) is 31.0 cm³/mol. The largest absolute Gasteiger partial charge is 0.347 e. The van der Waals surface area contributed by atoms with Crippen LogP contribution in [0.25, 0.3) is 0 Å². The fourth-order valence-corrected chi connectivity index (χ4v) is 0.518. The van der Waals surface area contributed by atoms with Gasteiger partial charge in [0.15, 0.2) is 6.19 Å². The van der Waals surface area contributed by atoms with Gasteiger partial charge in [0.1, 0.15) is 5.82 Å². The number of nitrogens with one attached hydrogen (secondary N) is 2. The van der Waals surface area contributed by atoms with Crippen molar-refractivity contribution in [3.05, 3.63) is 18.2 Å². The van der Waals surface area contributed by atoms with Crippen molar-refractivity contribution in [1.82, 2.24) is 15.3 Å². The minimum atomic E-state index is 0.476. The number of aromatic amines is 1. The molecule has 0 aliphatic carbocycles. The van der Waals surface area contributed by atoms with Gasteiger partial charge in [-0.15, -0.1) is 0 Å².